The van der Waals surface area contributed by atoms with Gasteiger partial charge >= 0.3 is 0 Å². The van der Waals surface area contributed by atoms with Gasteiger partial charge in [-0.25, -0.2) is 0 Å². The van der Waals surface area contributed by atoms with E-state index in [0.717, 1.165) is 25.1 Å². The second kappa shape index (κ2) is 6.19. The van der Waals surface area contributed by atoms with Crippen molar-refractivity contribution in [3.8, 4) is 5.75 Å². The summed E-state index contributed by atoms with van der Waals surface area (Å²) < 4.78 is 7.28. The second-order valence-corrected chi connectivity index (χ2v) is 6.85. The van der Waals surface area contributed by atoms with E-state index < -0.39 is 6.10 Å². The summed E-state index contributed by atoms with van der Waals surface area (Å²) in [4.78, 5) is 0. The maximum absolute atomic E-state index is 10.3. The van der Waals surface area contributed by atoms with Crippen molar-refractivity contribution in [2.24, 2.45) is 0 Å². The van der Waals surface area contributed by atoms with Gasteiger partial charge in [0.2, 0.25) is 0 Å². The van der Waals surface area contributed by atoms with Crippen LogP contribution in [0.3, 0.4) is 0 Å². The van der Waals surface area contributed by atoms with Crippen LogP contribution in [-0.4, -0.2) is 11.7 Å². The molecule has 1 atom stereocenters. The lowest BCUT2D eigenvalue weighted by Gasteiger charge is -2.13. The number of halogens is 2. The number of ether oxygens (including phenoxy) is 1. The highest BCUT2D eigenvalue weighted by atomic mass is 79.9. The Morgan fingerprint density at radius 3 is 2.67 bits per heavy atom. The van der Waals surface area contributed by atoms with E-state index in [1.165, 1.54) is 0 Å². The molecule has 0 saturated heterocycles. The number of aliphatic hydroxyl groups is 1. The van der Waals surface area contributed by atoms with Gasteiger partial charge in [0.05, 0.1) is 10.4 Å². The summed E-state index contributed by atoms with van der Waals surface area (Å²) in [5, 5.41) is 12.3. The van der Waals surface area contributed by atoms with Gasteiger partial charge in [-0.1, -0.05) is 22.0 Å². The lowest BCUT2D eigenvalue weighted by molar-refractivity contribution is 0.220. The van der Waals surface area contributed by atoms with Crippen molar-refractivity contribution in [3.05, 3.63) is 49.0 Å². The highest BCUT2D eigenvalue weighted by Gasteiger charge is 2.15. The molecule has 0 spiro atoms. The van der Waals surface area contributed by atoms with Crippen LogP contribution in [0, 0.1) is 0 Å². The Hall–Kier alpha value is -0.360. The average molecular weight is 392 g/mol. The van der Waals surface area contributed by atoms with Gasteiger partial charge in [-0.2, -0.15) is 0 Å². The molecule has 1 unspecified atom stereocenters. The lowest BCUT2D eigenvalue weighted by atomic mass is 10.0. The summed E-state index contributed by atoms with van der Waals surface area (Å²) in [6.07, 6.45) is -0.627. The lowest BCUT2D eigenvalue weighted by Crippen LogP contribution is -2.00. The highest BCUT2D eigenvalue weighted by molar-refractivity contribution is 9.11. The quantitative estimate of drug-likeness (QED) is 0.814. The summed E-state index contributed by atoms with van der Waals surface area (Å²) in [7, 11) is 0. The molecule has 1 heterocycles. The van der Waals surface area contributed by atoms with Crippen molar-refractivity contribution in [2.45, 2.75) is 13.0 Å². The van der Waals surface area contributed by atoms with Crippen molar-refractivity contribution < 1.29 is 9.84 Å². The summed E-state index contributed by atoms with van der Waals surface area (Å²) in [6, 6.07) is 7.56. The van der Waals surface area contributed by atoms with E-state index in [1.54, 1.807) is 11.3 Å². The molecule has 0 fully saturated rings. The molecule has 5 heteroatoms. The molecular weight excluding hydrogens is 380 g/mol. The maximum Gasteiger partial charge on any atom is 0.120 e. The molecule has 0 amide bonds. The molecule has 1 aromatic heterocycles. The van der Waals surface area contributed by atoms with Crippen LogP contribution in [-0.2, 0) is 0 Å². The first-order chi connectivity index (χ1) is 8.61. The molecule has 0 aliphatic rings. The van der Waals surface area contributed by atoms with Crippen LogP contribution >= 0.6 is 43.2 Å². The van der Waals surface area contributed by atoms with Crippen molar-refractivity contribution in [3.63, 3.8) is 0 Å². The minimum atomic E-state index is -0.627. The Kier molecular flexibility index (Phi) is 4.84. The van der Waals surface area contributed by atoms with Gasteiger partial charge in [0.15, 0.2) is 0 Å². The van der Waals surface area contributed by atoms with E-state index in [4.69, 9.17) is 4.74 Å². The first-order valence-corrected chi connectivity index (χ1v) is 7.92. The zero-order valence-electron chi connectivity index (χ0n) is 9.69. The largest absolute Gasteiger partial charge is 0.494 e. The maximum atomic E-state index is 10.3. The minimum Gasteiger partial charge on any atom is -0.494 e. The zero-order valence-corrected chi connectivity index (χ0v) is 13.7. The van der Waals surface area contributed by atoms with Crippen LogP contribution in [0.2, 0.25) is 0 Å². The van der Waals surface area contributed by atoms with Crippen molar-refractivity contribution in [2.75, 3.05) is 6.61 Å². The van der Waals surface area contributed by atoms with Gasteiger partial charge in [0, 0.05) is 4.47 Å². The Balaban J connectivity index is 2.28. The molecule has 1 N–H and O–H groups in total. The van der Waals surface area contributed by atoms with Crippen LogP contribution in [0.5, 0.6) is 5.75 Å². The normalized spacial score (nSPS) is 12.4. The molecule has 0 radical (unpaired) electrons. The van der Waals surface area contributed by atoms with Gasteiger partial charge in [0.1, 0.15) is 11.9 Å². The second-order valence-electron chi connectivity index (χ2n) is 3.70. The number of benzene rings is 1. The third kappa shape index (κ3) is 3.15. The fourth-order valence-electron chi connectivity index (χ4n) is 1.63. The van der Waals surface area contributed by atoms with E-state index >= 15 is 0 Å². The molecule has 0 aliphatic heterocycles. The van der Waals surface area contributed by atoms with Gasteiger partial charge in [-0.15, -0.1) is 11.3 Å². The van der Waals surface area contributed by atoms with Crippen LogP contribution in [0.4, 0.5) is 0 Å². The summed E-state index contributed by atoms with van der Waals surface area (Å²) in [6.45, 7) is 2.57. The predicted octanol–water partition coefficient (Wildman–Crippen LogP) is 4.75. The smallest absolute Gasteiger partial charge is 0.120 e. The standard InChI is InChI=1S/C13H12Br2O2S/c1-2-17-9-3-4-10(11(14)6-9)13(16)8-5-12(15)18-7-8/h3-7,13,16H,2H2,1H3. The van der Waals surface area contributed by atoms with Crippen LogP contribution in [0.25, 0.3) is 0 Å². The number of aliphatic hydroxyl groups excluding tert-OH is 1. The molecule has 0 saturated carbocycles. The Morgan fingerprint density at radius 2 is 2.11 bits per heavy atom. The number of hydrogen-bond donors (Lipinski definition) is 1. The Labute approximate surface area is 127 Å². The molecule has 96 valence electrons. The summed E-state index contributed by atoms with van der Waals surface area (Å²) in [5.41, 5.74) is 1.72. The predicted molar refractivity (Wildman–Crippen MR) is 81.4 cm³/mol. The Bertz CT molecular complexity index is 540. The van der Waals surface area contributed by atoms with E-state index in [2.05, 4.69) is 31.9 Å². The first-order valence-electron chi connectivity index (χ1n) is 5.46. The minimum absolute atomic E-state index is 0.627. The van der Waals surface area contributed by atoms with Crippen LogP contribution < -0.4 is 4.74 Å². The highest BCUT2D eigenvalue weighted by Crippen LogP contribution is 2.34. The molecule has 0 bridgehead atoms. The van der Waals surface area contributed by atoms with Crippen molar-refractivity contribution >= 4 is 43.2 Å². The molecule has 0 aliphatic carbocycles. The third-order valence-electron chi connectivity index (χ3n) is 2.48. The number of hydrogen-bond acceptors (Lipinski definition) is 3. The van der Waals surface area contributed by atoms with E-state index in [0.29, 0.717) is 6.61 Å². The average Bonchev–Trinajstić information content (AvgIpc) is 2.76. The monoisotopic (exact) mass is 390 g/mol. The van der Waals surface area contributed by atoms with E-state index in [1.807, 2.05) is 36.6 Å². The fraction of sp³-hybridized carbons (Fsp3) is 0.231. The Morgan fingerprint density at radius 1 is 1.33 bits per heavy atom. The summed E-state index contributed by atoms with van der Waals surface area (Å²) >= 11 is 8.43. The summed E-state index contributed by atoms with van der Waals surface area (Å²) in [5.74, 6) is 0.798. The molecule has 18 heavy (non-hydrogen) atoms. The molecule has 2 nitrogen and oxygen atoms in total. The van der Waals surface area contributed by atoms with E-state index in [9.17, 15) is 5.11 Å². The molecular formula is C13H12Br2O2S. The van der Waals surface area contributed by atoms with Crippen LogP contribution in [0.15, 0.2) is 37.9 Å². The number of rotatable bonds is 4. The first kappa shape index (κ1) is 14.1. The molecule has 1 aromatic carbocycles. The number of thiophene rings is 1. The zero-order chi connectivity index (χ0) is 13.1. The van der Waals surface area contributed by atoms with Gasteiger partial charge < -0.3 is 9.84 Å². The topological polar surface area (TPSA) is 29.5 Å². The van der Waals surface area contributed by atoms with Gasteiger partial charge in [-0.3, -0.25) is 0 Å². The molecule has 2 rings (SSSR count). The SMILES string of the molecule is CCOc1ccc(C(O)c2csc(Br)c2)c(Br)c1. The van der Waals surface area contributed by atoms with Crippen molar-refractivity contribution in [1.29, 1.82) is 0 Å². The fourth-order valence-corrected chi connectivity index (χ4v) is 3.40. The van der Waals surface area contributed by atoms with Crippen LogP contribution in [0.1, 0.15) is 24.2 Å². The van der Waals surface area contributed by atoms with Gasteiger partial charge in [0.25, 0.3) is 0 Å². The van der Waals surface area contributed by atoms with E-state index in [-0.39, 0.29) is 0 Å². The molecule has 2 aromatic rings. The van der Waals surface area contributed by atoms with Crippen molar-refractivity contribution in [1.82, 2.24) is 0 Å². The third-order valence-corrected chi connectivity index (χ3v) is 4.69. The van der Waals surface area contributed by atoms with Gasteiger partial charge in [-0.05, 0) is 57.6 Å².